The van der Waals surface area contributed by atoms with Crippen LogP contribution >= 0.6 is 11.6 Å². The Balaban J connectivity index is 1.63. The second-order valence-electron chi connectivity index (χ2n) is 7.54. The average Bonchev–Trinajstić information content (AvgIpc) is 2.74. The molecular weight excluding hydrogens is 427 g/mol. The number of amidine groups is 1. The highest BCUT2D eigenvalue weighted by Crippen LogP contribution is 2.33. The highest BCUT2D eigenvalue weighted by Gasteiger charge is 2.32. The van der Waals surface area contributed by atoms with E-state index < -0.39 is 11.9 Å². The summed E-state index contributed by atoms with van der Waals surface area (Å²) in [6, 6.07) is 5.96. The lowest BCUT2D eigenvalue weighted by Crippen LogP contribution is -2.37. The predicted octanol–water partition coefficient (Wildman–Crippen LogP) is 5.72. The van der Waals surface area contributed by atoms with Crippen molar-refractivity contribution < 1.29 is 13.2 Å². The van der Waals surface area contributed by atoms with Crippen molar-refractivity contribution in [3.05, 3.63) is 70.8 Å². The monoisotopic (exact) mass is 447 g/mol. The van der Waals surface area contributed by atoms with Gasteiger partial charge in [-0.15, -0.1) is 0 Å². The summed E-state index contributed by atoms with van der Waals surface area (Å²) in [4.78, 5) is 14.7. The maximum absolute atomic E-state index is 12.8. The van der Waals surface area contributed by atoms with E-state index >= 15 is 0 Å². The maximum atomic E-state index is 12.8. The van der Waals surface area contributed by atoms with Crippen molar-refractivity contribution in [2.75, 3.05) is 23.3 Å². The summed E-state index contributed by atoms with van der Waals surface area (Å²) in [5.41, 5.74) is 1.81. The summed E-state index contributed by atoms with van der Waals surface area (Å²) in [6.45, 7) is 3.52. The fourth-order valence-corrected chi connectivity index (χ4v) is 4.04. The highest BCUT2D eigenvalue weighted by molar-refractivity contribution is 6.32. The summed E-state index contributed by atoms with van der Waals surface area (Å²) in [7, 11) is 0. The molecule has 0 saturated carbocycles. The van der Waals surface area contributed by atoms with Gasteiger partial charge in [0.15, 0.2) is 0 Å². The van der Waals surface area contributed by atoms with E-state index in [4.69, 9.17) is 11.6 Å². The topological polar surface area (TPSA) is 53.4 Å². The number of nitrogens with zero attached hydrogens (tertiary/aromatic N) is 4. The molecule has 1 atom stereocenters. The SMILES string of the molecule is CC1C/C=C/N=C(Nc2ccc(C(F)(F)F)nc2)C2=C1CN(c1ncccc1Cl)CC2. The Morgan fingerprint density at radius 2 is 2.03 bits per heavy atom. The van der Waals surface area contributed by atoms with Crippen LogP contribution in [0.4, 0.5) is 24.7 Å². The van der Waals surface area contributed by atoms with Gasteiger partial charge in [0.05, 0.1) is 16.9 Å². The molecule has 2 aromatic rings. The van der Waals surface area contributed by atoms with Crippen LogP contribution in [0, 0.1) is 5.92 Å². The summed E-state index contributed by atoms with van der Waals surface area (Å²) in [6.07, 6.45) is 3.73. The first-order chi connectivity index (χ1) is 14.8. The number of hydrogen-bond acceptors (Lipinski definition) is 5. The number of rotatable bonds is 2. The van der Waals surface area contributed by atoms with Crippen LogP contribution in [0.5, 0.6) is 0 Å². The van der Waals surface area contributed by atoms with Crippen molar-refractivity contribution in [3.8, 4) is 0 Å². The third kappa shape index (κ3) is 4.74. The van der Waals surface area contributed by atoms with Gasteiger partial charge < -0.3 is 10.2 Å². The lowest BCUT2D eigenvalue weighted by atomic mass is 9.87. The molecule has 0 saturated heterocycles. The van der Waals surface area contributed by atoms with E-state index in [9.17, 15) is 13.2 Å². The van der Waals surface area contributed by atoms with Crippen molar-refractivity contribution >= 4 is 28.9 Å². The number of hydrogen-bond donors (Lipinski definition) is 1. The summed E-state index contributed by atoms with van der Waals surface area (Å²) in [5.74, 6) is 1.65. The fourth-order valence-electron chi connectivity index (χ4n) is 3.79. The molecule has 0 amide bonds. The minimum atomic E-state index is -4.47. The molecule has 0 radical (unpaired) electrons. The number of allylic oxidation sites excluding steroid dienone is 1. The number of nitrogens with one attached hydrogen (secondary N) is 1. The van der Waals surface area contributed by atoms with Gasteiger partial charge in [-0.05, 0) is 54.2 Å². The Morgan fingerprint density at radius 1 is 1.19 bits per heavy atom. The number of anilines is 2. The fraction of sp³-hybridized carbons (Fsp3) is 0.318. The number of pyridine rings is 2. The quantitative estimate of drug-likeness (QED) is 0.639. The van der Waals surface area contributed by atoms with Crippen molar-refractivity contribution in [1.29, 1.82) is 0 Å². The van der Waals surface area contributed by atoms with Crippen LogP contribution in [0.25, 0.3) is 0 Å². The van der Waals surface area contributed by atoms with E-state index in [1.165, 1.54) is 17.8 Å². The Hall–Kier alpha value is -2.87. The molecule has 0 bridgehead atoms. The molecule has 1 N–H and O–H groups in total. The largest absolute Gasteiger partial charge is 0.433 e. The molecule has 4 heterocycles. The molecule has 2 aliphatic rings. The molecule has 31 heavy (non-hydrogen) atoms. The van der Waals surface area contributed by atoms with E-state index in [0.717, 1.165) is 23.9 Å². The number of aliphatic imine (C=N–C) groups is 1. The molecule has 9 heteroatoms. The third-order valence-corrected chi connectivity index (χ3v) is 5.71. The van der Waals surface area contributed by atoms with E-state index in [-0.39, 0.29) is 5.92 Å². The summed E-state index contributed by atoms with van der Waals surface area (Å²) < 4.78 is 38.4. The van der Waals surface area contributed by atoms with Crippen LogP contribution in [-0.4, -0.2) is 28.9 Å². The van der Waals surface area contributed by atoms with Crippen LogP contribution in [0.15, 0.2) is 65.1 Å². The van der Waals surface area contributed by atoms with Gasteiger partial charge in [0.25, 0.3) is 0 Å². The van der Waals surface area contributed by atoms with Crippen molar-refractivity contribution in [2.24, 2.45) is 10.9 Å². The van der Waals surface area contributed by atoms with Crippen LogP contribution < -0.4 is 10.2 Å². The average molecular weight is 448 g/mol. The Morgan fingerprint density at radius 3 is 2.74 bits per heavy atom. The van der Waals surface area contributed by atoms with Crippen LogP contribution in [0.2, 0.25) is 5.02 Å². The van der Waals surface area contributed by atoms with Crippen LogP contribution in [0.3, 0.4) is 0 Å². The van der Waals surface area contributed by atoms with Gasteiger partial charge in [0, 0.05) is 25.5 Å². The first-order valence-electron chi connectivity index (χ1n) is 9.94. The smallest absolute Gasteiger partial charge is 0.351 e. The van der Waals surface area contributed by atoms with E-state index in [1.807, 2.05) is 12.1 Å². The second-order valence-corrected chi connectivity index (χ2v) is 7.95. The lowest BCUT2D eigenvalue weighted by Gasteiger charge is -2.35. The molecule has 0 aromatic carbocycles. The van der Waals surface area contributed by atoms with Gasteiger partial charge in [-0.1, -0.05) is 24.6 Å². The van der Waals surface area contributed by atoms with Gasteiger partial charge in [-0.2, -0.15) is 13.2 Å². The zero-order valence-electron chi connectivity index (χ0n) is 16.8. The van der Waals surface area contributed by atoms with Gasteiger partial charge in [0.1, 0.15) is 17.3 Å². The molecule has 2 aromatic heterocycles. The predicted molar refractivity (Wildman–Crippen MR) is 116 cm³/mol. The van der Waals surface area contributed by atoms with Crippen molar-refractivity contribution in [1.82, 2.24) is 9.97 Å². The van der Waals surface area contributed by atoms with E-state index in [2.05, 4.69) is 32.1 Å². The van der Waals surface area contributed by atoms with Crippen molar-refractivity contribution in [2.45, 2.75) is 25.9 Å². The summed E-state index contributed by atoms with van der Waals surface area (Å²) in [5, 5.41) is 3.77. The molecule has 0 aliphatic carbocycles. The zero-order valence-corrected chi connectivity index (χ0v) is 17.6. The highest BCUT2D eigenvalue weighted by atomic mass is 35.5. The minimum Gasteiger partial charge on any atom is -0.351 e. The van der Waals surface area contributed by atoms with Crippen molar-refractivity contribution in [3.63, 3.8) is 0 Å². The second kappa shape index (κ2) is 8.70. The molecular formula is C22H21ClF3N5. The van der Waals surface area contributed by atoms with Gasteiger partial charge in [-0.25, -0.2) is 15.0 Å². The molecule has 0 spiro atoms. The maximum Gasteiger partial charge on any atom is 0.433 e. The first-order valence-corrected chi connectivity index (χ1v) is 10.3. The molecule has 4 rings (SSSR count). The normalized spacial score (nSPS) is 20.5. The third-order valence-electron chi connectivity index (χ3n) is 5.42. The van der Waals surface area contributed by atoms with E-state index in [1.54, 1.807) is 18.5 Å². The molecule has 0 fully saturated rings. The summed E-state index contributed by atoms with van der Waals surface area (Å²) >= 11 is 6.35. The Bertz CT molecular complexity index is 1040. The molecule has 1 unspecified atom stereocenters. The van der Waals surface area contributed by atoms with Gasteiger partial charge in [0.2, 0.25) is 0 Å². The molecule has 2 aliphatic heterocycles. The Kier molecular flexibility index (Phi) is 6.00. The zero-order chi connectivity index (χ0) is 22.0. The van der Waals surface area contributed by atoms with Gasteiger partial charge >= 0.3 is 6.18 Å². The standard InChI is InChI=1S/C22H21ClF3N5/c1-14-4-2-9-27-20(30-15-6-7-19(29-12-15)22(24,25)26)16-8-11-31(13-17(14)16)21-18(23)5-3-10-28-21/h2-3,5-7,9-10,12,14H,4,8,11,13H2,1H3,(H,27,30)/b9-2+. The number of halogens is 4. The molecule has 162 valence electrons. The van der Waals surface area contributed by atoms with Crippen LogP contribution in [-0.2, 0) is 6.18 Å². The van der Waals surface area contributed by atoms with E-state index in [0.29, 0.717) is 36.1 Å². The molecule has 5 nitrogen and oxygen atoms in total. The minimum absolute atomic E-state index is 0.273. The number of aromatic nitrogens is 2. The van der Waals surface area contributed by atoms with Gasteiger partial charge in [-0.3, -0.25) is 0 Å². The first kappa shape index (κ1) is 21.4. The Labute approximate surface area is 183 Å². The van der Waals surface area contributed by atoms with Crippen LogP contribution in [0.1, 0.15) is 25.5 Å². The number of alkyl halides is 3. The lowest BCUT2D eigenvalue weighted by molar-refractivity contribution is -0.141.